The first-order valence-electron chi connectivity index (χ1n) is 9.86. The smallest absolute Gasteiger partial charge is 0.169 e. The number of rotatable bonds is 4. The maximum atomic E-state index is 5.65. The van der Waals surface area contributed by atoms with Crippen LogP contribution in [0.1, 0.15) is 6.92 Å². The second-order valence-electron chi connectivity index (χ2n) is 7.33. The third kappa shape index (κ3) is 3.60. The number of halogens is 1. The summed E-state index contributed by atoms with van der Waals surface area (Å²) < 4.78 is 9.64. The molecule has 0 aliphatic carbocycles. The fourth-order valence-electron chi connectivity index (χ4n) is 4.02. The highest BCUT2D eigenvalue weighted by Gasteiger charge is 2.25. The third-order valence-electron chi connectivity index (χ3n) is 5.54. The number of nitrogens with zero attached hydrogens (tertiary/aromatic N) is 7. The number of anilines is 2. The Bertz CT molecular complexity index is 1000. The lowest BCUT2D eigenvalue weighted by molar-refractivity contribution is 0.0985. The Kier molecular flexibility index (Phi) is 5.59. The van der Waals surface area contributed by atoms with Gasteiger partial charge in [0.1, 0.15) is 11.6 Å². The normalized spacial score (nSPS) is 21.0. The summed E-state index contributed by atoms with van der Waals surface area (Å²) in [6, 6.07) is 4.52. The molecule has 2 aliphatic heterocycles. The molecule has 29 heavy (non-hydrogen) atoms. The van der Waals surface area contributed by atoms with Crippen LogP contribution in [0.2, 0.25) is 0 Å². The Labute approximate surface area is 184 Å². The molecule has 0 saturated carbocycles. The topological polar surface area (TPSA) is 75.8 Å². The summed E-state index contributed by atoms with van der Waals surface area (Å²) in [6.07, 6.45) is 4.29. The first kappa shape index (κ1) is 19.5. The van der Waals surface area contributed by atoms with E-state index in [1.807, 2.05) is 27.4 Å². The van der Waals surface area contributed by atoms with Crippen LogP contribution in [0, 0.1) is 0 Å². The quantitative estimate of drug-likeness (QED) is 0.412. The Morgan fingerprint density at radius 3 is 2.90 bits per heavy atom. The fourth-order valence-corrected chi connectivity index (χ4v) is 5.57. The van der Waals surface area contributed by atoms with Crippen LogP contribution in [0.25, 0.3) is 16.9 Å². The van der Waals surface area contributed by atoms with Crippen molar-refractivity contribution in [2.45, 2.75) is 13.0 Å². The number of fused-ring (bicyclic) bond motifs is 1. The van der Waals surface area contributed by atoms with Gasteiger partial charge in [0.25, 0.3) is 0 Å². The van der Waals surface area contributed by atoms with Crippen LogP contribution in [0.15, 0.2) is 24.5 Å². The van der Waals surface area contributed by atoms with E-state index >= 15 is 0 Å². The predicted octanol–water partition coefficient (Wildman–Crippen LogP) is 2.02. The van der Waals surface area contributed by atoms with E-state index < -0.39 is 0 Å². The summed E-state index contributed by atoms with van der Waals surface area (Å²) in [6.45, 7) is 8.37. The zero-order chi connectivity index (χ0) is 19.8. The molecule has 5 heterocycles. The van der Waals surface area contributed by atoms with Crippen LogP contribution >= 0.6 is 28.4 Å². The number of morpholine rings is 1. The largest absolute Gasteiger partial charge is 0.377 e. The van der Waals surface area contributed by atoms with Crippen LogP contribution in [-0.2, 0) is 4.74 Å². The number of nitrogens with one attached hydrogen (secondary N) is 1. The first-order valence-corrected chi connectivity index (χ1v) is 13.9. The maximum absolute atomic E-state index is 5.65. The van der Waals surface area contributed by atoms with Gasteiger partial charge >= 0.3 is 0 Å². The summed E-state index contributed by atoms with van der Waals surface area (Å²) in [7, 11) is 0. The van der Waals surface area contributed by atoms with Gasteiger partial charge in [-0.2, -0.15) is 14.7 Å². The highest BCUT2D eigenvalue weighted by atomic mass is 127. The van der Waals surface area contributed by atoms with Gasteiger partial charge in [-0.1, -0.05) is 0 Å². The van der Waals surface area contributed by atoms with E-state index in [2.05, 4.69) is 55.2 Å². The Morgan fingerprint density at radius 1 is 1.24 bits per heavy atom. The lowest BCUT2D eigenvalue weighted by atomic mass is 10.2. The molecule has 3 aromatic heterocycles. The molecule has 0 radical (unpaired) electrons. The van der Waals surface area contributed by atoms with E-state index in [-0.39, 0.29) is 0 Å². The van der Waals surface area contributed by atoms with Gasteiger partial charge in [0.15, 0.2) is 5.65 Å². The summed E-state index contributed by atoms with van der Waals surface area (Å²) in [5.74, 6) is 2.09. The van der Waals surface area contributed by atoms with E-state index in [1.165, 1.54) is 0 Å². The SMILES string of the molecule is C[C@@H]1COCCN1c1cc(N2CCNCC2)n2ncc(-c3ccnn3PI)c2n1. The van der Waals surface area contributed by atoms with Crippen molar-refractivity contribution in [3.63, 3.8) is 0 Å². The molecule has 1 unspecified atom stereocenters. The fraction of sp³-hybridized carbons (Fsp3) is 0.500. The van der Waals surface area contributed by atoms with Gasteiger partial charge in [0.2, 0.25) is 0 Å². The van der Waals surface area contributed by atoms with Gasteiger partial charge in [-0.05, 0) is 35.0 Å². The Hall–Kier alpha value is -1.49. The van der Waals surface area contributed by atoms with Crippen molar-refractivity contribution in [1.82, 2.24) is 29.5 Å². The molecule has 5 rings (SSSR count). The molecule has 3 aromatic rings. The van der Waals surface area contributed by atoms with Crippen molar-refractivity contribution in [3.8, 4) is 11.3 Å². The summed E-state index contributed by atoms with van der Waals surface area (Å²) in [5.41, 5.74) is 2.95. The molecule has 2 saturated heterocycles. The molecule has 0 aromatic carbocycles. The zero-order valence-corrected chi connectivity index (χ0v) is 19.4. The molecule has 11 heteroatoms. The molecular formula is C18H24IN8OP. The second kappa shape index (κ2) is 8.33. The van der Waals surface area contributed by atoms with Crippen molar-refractivity contribution < 1.29 is 4.74 Å². The van der Waals surface area contributed by atoms with Gasteiger partial charge in [0.05, 0.1) is 43.1 Å². The van der Waals surface area contributed by atoms with Crippen molar-refractivity contribution in [2.24, 2.45) is 0 Å². The van der Waals surface area contributed by atoms with Crippen LogP contribution in [-0.4, -0.2) is 76.1 Å². The standard InChI is InChI=1S/C18H24IN8OP/c1-13-12-28-9-8-25(13)16-10-17(24-6-4-20-5-7-24)26-18(23-16)14(11-22-26)15-2-3-21-27(15)29-19/h2-3,10-11,13,20,29H,4-9,12H2,1H3/t13-/m1/s1. The monoisotopic (exact) mass is 526 g/mol. The summed E-state index contributed by atoms with van der Waals surface area (Å²) >= 11 is 2.35. The van der Waals surface area contributed by atoms with Crippen molar-refractivity contribution in [2.75, 3.05) is 55.7 Å². The molecule has 2 atom stereocenters. The average molecular weight is 526 g/mol. The number of piperazine rings is 1. The molecule has 9 nitrogen and oxygen atoms in total. The minimum absolute atomic E-state index is 0.294. The zero-order valence-electron chi connectivity index (χ0n) is 16.3. The van der Waals surface area contributed by atoms with Gasteiger partial charge in [0, 0.05) is 45.0 Å². The molecule has 2 aliphatic rings. The third-order valence-corrected chi connectivity index (χ3v) is 7.43. The lowest BCUT2D eigenvalue weighted by Crippen LogP contribution is -2.45. The number of hydrogen-bond acceptors (Lipinski definition) is 7. The molecule has 0 spiro atoms. The highest BCUT2D eigenvalue weighted by Crippen LogP contribution is 2.34. The van der Waals surface area contributed by atoms with Crippen LogP contribution in [0.5, 0.6) is 0 Å². The summed E-state index contributed by atoms with van der Waals surface area (Å²) in [4.78, 5) is 9.83. The Morgan fingerprint density at radius 2 is 2.10 bits per heavy atom. The molecule has 0 amide bonds. The van der Waals surface area contributed by atoms with Crippen LogP contribution in [0.4, 0.5) is 11.6 Å². The predicted molar refractivity (Wildman–Crippen MR) is 125 cm³/mol. The minimum Gasteiger partial charge on any atom is -0.377 e. The van der Waals surface area contributed by atoms with Crippen molar-refractivity contribution in [3.05, 3.63) is 24.5 Å². The van der Waals surface area contributed by atoms with Crippen LogP contribution in [0.3, 0.4) is 0 Å². The number of aromatic nitrogens is 5. The van der Waals surface area contributed by atoms with Crippen molar-refractivity contribution >= 4 is 45.7 Å². The first-order chi connectivity index (χ1) is 14.3. The van der Waals surface area contributed by atoms with Gasteiger partial charge < -0.3 is 19.9 Å². The molecule has 154 valence electrons. The van der Waals surface area contributed by atoms with Crippen LogP contribution < -0.4 is 15.1 Å². The number of ether oxygens (including phenoxy) is 1. The molecule has 1 N–H and O–H groups in total. The van der Waals surface area contributed by atoms with E-state index in [1.54, 1.807) is 0 Å². The summed E-state index contributed by atoms with van der Waals surface area (Å²) in [5, 5.41) is 12.6. The van der Waals surface area contributed by atoms with E-state index in [9.17, 15) is 0 Å². The molecular weight excluding hydrogens is 502 g/mol. The Balaban J connectivity index is 1.68. The molecule has 0 bridgehead atoms. The molecule has 2 fully saturated rings. The maximum Gasteiger partial charge on any atom is 0.169 e. The highest BCUT2D eigenvalue weighted by molar-refractivity contribution is 14.2. The van der Waals surface area contributed by atoms with Crippen molar-refractivity contribution in [1.29, 1.82) is 0 Å². The van der Waals surface area contributed by atoms with Gasteiger partial charge in [-0.25, -0.2) is 9.44 Å². The van der Waals surface area contributed by atoms with Gasteiger partial charge in [-0.3, -0.25) is 0 Å². The van der Waals surface area contributed by atoms with E-state index in [4.69, 9.17) is 14.8 Å². The van der Waals surface area contributed by atoms with E-state index in [0.29, 0.717) is 12.4 Å². The minimum atomic E-state index is 0.294. The van der Waals surface area contributed by atoms with Gasteiger partial charge in [-0.15, -0.1) is 0 Å². The average Bonchev–Trinajstić information content (AvgIpc) is 3.40. The lowest BCUT2D eigenvalue weighted by Gasteiger charge is -2.35. The van der Waals surface area contributed by atoms with E-state index in [0.717, 1.165) is 74.5 Å². The second-order valence-corrected chi connectivity index (χ2v) is 9.37. The number of hydrogen-bond donors (Lipinski definition) is 1.